The summed E-state index contributed by atoms with van der Waals surface area (Å²) in [6.07, 6.45) is 6.90. The first kappa shape index (κ1) is 13.7. The summed E-state index contributed by atoms with van der Waals surface area (Å²) in [6.45, 7) is 2.39. The molecule has 0 heterocycles. The molecule has 0 aliphatic rings. The molecule has 0 saturated heterocycles. The van der Waals surface area contributed by atoms with Crippen molar-refractivity contribution >= 4 is 5.91 Å². The zero-order chi connectivity index (χ0) is 13.4. The Kier molecular flexibility index (Phi) is 5.40. The fourth-order valence-electron chi connectivity index (χ4n) is 1.47. The van der Waals surface area contributed by atoms with E-state index in [9.17, 15) is 4.79 Å². The first-order valence-electron chi connectivity index (χ1n) is 5.71. The number of benzene rings is 1. The van der Waals surface area contributed by atoms with Gasteiger partial charge in [0, 0.05) is 19.7 Å². The molecule has 0 aromatic heterocycles. The van der Waals surface area contributed by atoms with Crippen molar-refractivity contribution in [3.8, 4) is 6.07 Å². The lowest BCUT2D eigenvalue weighted by Crippen LogP contribution is -2.24. The van der Waals surface area contributed by atoms with Crippen molar-refractivity contribution in [1.82, 2.24) is 4.90 Å². The van der Waals surface area contributed by atoms with Gasteiger partial charge in [-0.05, 0) is 24.6 Å². The first-order valence-corrected chi connectivity index (χ1v) is 5.71. The Bertz CT molecular complexity index is 509. The van der Waals surface area contributed by atoms with Gasteiger partial charge in [-0.3, -0.25) is 4.79 Å². The van der Waals surface area contributed by atoms with E-state index in [1.54, 1.807) is 30.2 Å². The first-order chi connectivity index (χ1) is 8.67. The third-order valence-corrected chi connectivity index (χ3v) is 2.39. The van der Waals surface area contributed by atoms with Gasteiger partial charge in [-0.1, -0.05) is 30.4 Å². The van der Waals surface area contributed by atoms with Crippen molar-refractivity contribution < 1.29 is 4.79 Å². The van der Waals surface area contributed by atoms with Crippen LogP contribution < -0.4 is 0 Å². The van der Waals surface area contributed by atoms with Crippen LogP contribution in [0.2, 0.25) is 0 Å². The molecule has 0 unspecified atom stereocenters. The highest BCUT2D eigenvalue weighted by molar-refractivity contribution is 5.87. The number of rotatable bonds is 4. The van der Waals surface area contributed by atoms with Gasteiger partial charge in [-0.2, -0.15) is 5.26 Å². The van der Waals surface area contributed by atoms with Crippen LogP contribution in [0, 0.1) is 11.3 Å². The van der Waals surface area contributed by atoms with E-state index in [1.807, 2.05) is 31.2 Å². The van der Waals surface area contributed by atoms with Crippen molar-refractivity contribution in [1.29, 1.82) is 5.26 Å². The molecule has 0 spiro atoms. The number of nitrogens with zero attached hydrogens (tertiary/aromatic N) is 2. The fraction of sp³-hybridized carbons (Fsp3) is 0.200. The third-order valence-electron chi connectivity index (χ3n) is 2.39. The minimum absolute atomic E-state index is 0.0598. The molecule has 1 amide bonds. The quantitative estimate of drug-likeness (QED) is 0.600. The number of carbonyl (C=O) groups excluding carboxylic acids is 1. The van der Waals surface area contributed by atoms with Gasteiger partial charge in [0.1, 0.15) is 0 Å². The summed E-state index contributed by atoms with van der Waals surface area (Å²) in [7, 11) is 1.74. The topological polar surface area (TPSA) is 44.1 Å². The summed E-state index contributed by atoms with van der Waals surface area (Å²) < 4.78 is 0. The van der Waals surface area contributed by atoms with Gasteiger partial charge in [0.25, 0.3) is 0 Å². The zero-order valence-electron chi connectivity index (χ0n) is 10.6. The normalized spacial score (nSPS) is 10.7. The van der Waals surface area contributed by atoms with Crippen molar-refractivity contribution in [2.75, 3.05) is 7.05 Å². The Balaban J connectivity index is 2.66. The molecule has 0 atom stereocenters. The highest BCUT2D eigenvalue weighted by Gasteiger charge is 2.05. The van der Waals surface area contributed by atoms with E-state index in [4.69, 9.17) is 5.26 Å². The van der Waals surface area contributed by atoms with Crippen molar-refractivity contribution in [2.24, 2.45) is 0 Å². The number of carbonyl (C=O) groups is 1. The third kappa shape index (κ3) is 4.26. The van der Waals surface area contributed by atoms with E-state index in [0.717, 1.165) is 5.56 Å². The van der Waals surface area contributed by atoms with Crippen LogP contribution in [-0.2, 0) is 11.3 Å². The summed E-state index contributed by atoms with van der Waals surface area (Å²) in [5.74, 6) is -0.0598. The number of nitriles is 1. The maximum atomic E-state index is 11.7. The number of amides is 1. The minimum Gasteiger partial charge on any atom is -0.338 e. The number of likely N-dealkylation sites (N-methyl/N-ethyl adjacent to an activating group) is 1. The molecule has 0 N–H and O–H groups in total. The summed E-state index contributed by atoms with van der Waals surface area (Å²) >= 11 is 0. The Morgan fingerprint density at radius 3 is 2.89 bits per heavy atom. The maximum absolute atomic E-state index is 11.7. The van der Waals surface area contributed by atoms with Crippen LogP contribution in [0.3, 0.4) is 0 Å². The molecule has 0 aliphatic carbocycles. The van der Waals surface area contributed by atoms with Gasteiger partial charge in [0.05, 0.1) is 11.6 Å². The van der Waals surface area contributed by atoms with Crippen LogP contribution in [0.25, 0.3) is 0 Å². The van der Waals surface area contributed by atoms with Crippen LogP contribution >= 0.6 is 0 Å². The summed E-state index contributed by atoms with van der Waals surface area (Å²) in [6, 6.07) is 9.35. The second kappa shape index (κ2) is 7.08. The summed E-state index contributed by atoms with van der Waals surface area (Å²) in [4.78, 5) is 13.3. The van der Waals surface area contributed by atoms with E-state index < -0.39 is 0 Å². The second-order valence-corrected chi connectivity index (χ2v) is 3.89. The van der Waals surface area contributed by atoms with Gasteiger partial charge in [-0.15, -0.1) is 0 Å². The van der Waals surface area contributed by atoms with E-state index in [0.29, 0.717) is 12.1 Å². The van der Waals surface area contributed by atoms with Gasteiger partial charge in [-0.25, -0.2) is 0 Å². The molecule has 1 aromatic carbocycles. The van der Waals surface area contributed by atoms with Gasteiger partial charge >= 0.3 is 0 Å². The lowest BCUT2D eigenvalue weighted by Gasteiger charge is -2.15. The minimum atomic E-state index is -0.0598. The Labute approximate surface area is 108 Å². The van der Waals surface area contributed by atoms with Crippen LogP contribution in [-0.4, -0.2) is 17.9 Å². The van der Waals surface area contributed by atoms with E-state index in [2.05, 4.69) is 6.07 Å². The molecule has 0 radical (unpaired) electrons. The number of hydrogen-bond acceptors (Lipinski definition) is 2. The highest BCUT2D eigenvalue weighted by atomic mass is 16.2. The molecule has 92 valence electrons. The van der Waals surface area contributed by atoms with Crippen LogP contribution in [0.1, 0.15) is 18.1 Å². The largest absolute Gasteiger partial charge is 0.338 e. The predicted molar refractivity (Wildman–Crippen MR) is 71.6 cm³/mol. The Hall–Kier alpha value is -2.34. The Morgan fingerprint density at radius 1 is 1.44 bits per heavy atom. The fourth-order valence-corrected chi connectivity index (χ4v) is 1.47. The SMILES string of the molecule is CC=CC=CC(=O)N(C)Cc1cccc(C#N)c1. The standard InChI is InChI=1S/C15H16N2O/c1-3-4-5-9-15(18)17(2)12-14-8-6-7-13(10-14)11-16/h3-10H,12H2,1-2H3. The Morgan fingerprint density at radius 2 is 2.22 bits per heavy atom. The highest BCUT2D eigenvalue weighted by Crippen LogP contribution is 2.07. The lowest BCUT2D eigenvalue weighted by molar-refractivity contribution is -0.125. The maximum Gasteiger partial charge on any atom is 0.246 e. The van der Waals surface area contributed by atoms with Crippen molar-refractivity contribution in [3.63, 3.8) is 0 Å². The van der Waals surface area contributed by atoms with Crippen LogP contribution in [0.15, 0.2) is 48.6 Å². The molecule has 18 heavy (non-hydrogen) atoms. The monoisotopic (exact) mass is 240 g/mol. The molecule has 0 saturated carbocycles. The lowest BCUT2D eigenvalue weighted by atomic mass is 10.1. The molecule has 3 heteroatoms. The number of allylic oxidation sites excluding steroid dienone is 3. The van der Waals surface area contributed by atoms with Crippen LogP contribution in [0.5, 0.6) is 0 Å². The molecular formula is C15H16N2O. The summed E-state index contributed by atoms with van der Waals surface area (Å²) in [5.41, 5.74) is 1.56. The van der Waals surface area contributed by atoms with E-state index >= 15 is 0 Å². The smallest absolute Gasteiger partial charge is 0.246 e. The number of hydrogen-bond donors (Lipinski definition) is 0. The molecule has 0 bridgehead atoms. The van der Waals surface area contributed by atoms with Crippen LogP contribution in [0.4, 0.5) is 0 Å². The molecular weight excluding hydrogens is 224 g/mol. The zero-order valence-corrected chi connectivity index (χ0v) is 10.6. The summed E-state index contributed by atoms with van der Waals surface area (Å²) in [5, 5.41) is 8.80. The van der Waals surface area contributed by atoms with Gasteiger partial charge in [0.2, 0.25) is 5.91 Å². The van der Waals surface area contributed by atoms with E-state index in [-0.39, 0.29) is 5.91 Å². The van der Waals surface area contributed by atoms with Gasteiger partial charge in [0.15, 0.2) is 0 Å². The van der Waals surface area contributed by atoms with E-state index in [1.165, 1.54) is 6.08 Å². The van der Waals surface area contributed by atoms with Crippen molar-refractivity contribution in [3.05, 3.63) is 59.7 Å². The second-order valence-electron chi connectivity index (χ2n) is 3.89. The molecule has 1 rings (SSSR count). The molecule has 1 aromatic rings. The molecule has 0 fully saturated rings. The predicted octanol–water partition coefficient (Wildman–Crippen LogP) is 2.65. The van der Waals surface area contributed by atoms with Crippen molar-refractivity contribution in [2.45, 2.75) is 13.5 Å². The average molecular weight is 240 g/mol. The molecule has 0 aliphatic heterocycles. The van der Waals surface area contributed by atoms with Gasteiger partial charge < -0.3 is 4.90 Å². The average Bonchev–Trinajstić information content (AvgIpc) is 2.39. The molecule has 3 nitrogen and oxygen atoms in total.